The molecule has 1 amide bonds. The molecule has 94 valence electrons. The molecule has 1 saturated heterocycles. The van der Waals surface area contributed by atoms with Crippen molar-refractivity contribution in [3.05, 3.63) is 16.6 Å². The van der Waals surface area contributed by atoms with Gasteiger partial charge in [0.15, 0.2) is 0 Å². The molecule has 1 aromatic heterocycles. The zero-order chi connectivity index (χ0) is 12.1. The lowest BCUT2D eigenvalue weighted by molar-refractivity contribution is -0.133. The minimum Gasteiger partial charge on any atom is -0.341 e. The Morgan fingerprint density at radius 2 is 2.29 bits per heavy atom. The first-order valence-corrected chi connectivity index (χ1v) is 7.06. The number of amides is 1. The van der Waals surface area contributed by atoms with Gasteiger partial charge in [0.25, 0.3) is 0 Å². The van der Waals surface area contributed by atoms with E-state index >= 15 is 0 Å². The molecule has 2 rings (SSSR count). The van der Waals surface area contributed by atoms with Crippen molar-refractivity contribution in [1.82, 2.24) is 15.2 Å². The summed E-state index contributed by atoms with van der Waals surface area (Å²) in [5.41, 5.74) is 0. The normalized spacial score (nSPS) is 18.1. The van der Waals surface area contributed by atoms with Crippen molar-refractivity contribution in [3.8, 4) is 0 Å². The van der Waals surface area contributed by atoms with Gasteiger partial charge in [-0.3, -0.25) is 10.1 Å². The van der Waals surface area contributed by atoms with Gasteiger partial charge in [0.2, 0.25) is 5.91 Å². The molecule has 0 saturated carbocycles. The van der Waals surface area contributed by atoms with E-state index in [0.29, 0.717) is 6.54 Å². The largest absolute Gasteiger partial charge is 0.341 e. The molecule has 0 bridgehead atoms. The fourth-order valence-electron chi connectivity index (χ4n) is 2.06. The quantitative estimate of drug-likeness (QED) is 0.887. The Hall–Kier alpha value is -0.940. The van der Waals surface area contributed by atoms with Crippen LogP contribution in [0.2, 0.25) is 0 Å². The van der Waals surface area contributed by atoms with Gasteiger partial charge in [-0.15, -0.1) is 11.3 Å². The van der Waals surface area contributed by atoms with Gasteiger partial charge in [0.1, 0.15) is 5.01 Å². The van der Waals surface area contributed by atoms with Crippen LogP contribution in [0.15, 0.2) is 11.6 Å². The maximum absolute atomic E-state index is 12.1. The summed E-state index contributed by atoms with van der Waals surface area (Å²) in [6.07, 6.45) is 5.33. The minimum atomic E-state index is -0.114. The molecule has 2 heterocycles. The summed E-state index contributed by atoms with van der Waals surface area (Å²) >= 11 is 1.61. The molecule has 5 heteroatoms. The fourth-order valence-corrected chi connectivity index (χ4v) is 2.62. The summed E-state index contributed by atoms with van der Waals surface area (Å²) in [4.78, 5) is 18.3. The number of piperidine rings is 1. The van der Waals surface area contributed by atoms with Gasteiger partial charge in [-0.1, -0.05) is 0 Å². The molecule has 17 heavy (non-hydrogen) atoms. The van der Waals surface area contributed by atoms with Crippen molar-refractivity contribution in [3.63, 3.8) is 0 Å². The lowest BCUT2D eigenvalue weighted by atomic mass is 10.1. The van der Waals surface area contributed by atoms with E-state index in [2.05, 4.69) is 10.3 Å². The highest BCUT2D eigenvalue weighted by Gasteiger charge is 2.21. The molecule has 0 aliphatic carbocycles. The third-order valence-electron chi connectivity index (χ3n) is 3.08. The molecule has 1 unspecified atom stereocenters. The minimum absolute atomic E-state index is 0.114. The maximum Gasteiger partial charge on any atom is 0.239 e. The van der Waals surface area contributed by atoms with Gasteiger partial charge < -0.3 is 4.90 Å². The highest BCUT2D eigenvalue weighted by Crippen LogP contribution is 2.10. The van der Waals surface area contributed by atoms with Crippen LogP contribution in [-0.4, -0.2) is 34.9 Å². The summed E-state index contributed by atoms with van der Waals surface area (Å²) in [7, 11) is 0. The van der Waals surface area contributed by atoms with E-state index in [0.717, 1.165) is 30.9 Å². The first-order chi connectivity index (χ1) is 8.27. The molecule has 1 N–H and O–H groups in total. The first-order valence-electron chi connectivity index (χ1n) is 6.18. The van der Waals surface area contributed by atoms with Crippen LogP contribution in [-0.2, 0) is 11.3 Å². The lowest BCUT2D eigenvalue weighted by Crippen LogP contribution is -2.46. The van der Waals surface area contributed by atoms with E-state index in [1.165, 1.54) is 6.42 Å². The smallest absolute Gasteiger partial charge is 0.239 e. The Balaban J connectivity index is 1.78. The predicted octanol–water partition coefficient (Wildman–Crippen LogP) is 1.63. The lowest BCUT2D eigenvalue weighted by Gasteiger charge is -2.29. The van der Waals surface area contributed by atoms with Gasteiger partial charge in [-0.25, -0.2) is 4.98 Å². The number of rotatable bonds is 4. The van der Waals surface area contributed by atoms with E-state index in [1.807, 2.05) is 17.2 Å². The highest BCUT2D eigenvalue weighted by molar-refractivity contribution is 7.09. The summed E-state index contributed by atoms with van der Waals surface area (Å²) in [5.74, 6) is 0.223. The van der Waals surface area contributed by atoms with Gasteiger partial charge in [-0.05, 0) is 26.2 Å². The summed E-state index contributed by atoms with van der Waals surface area (Å²) < 4.78 is 0. The van der Waals surface area contributed by atoms with Crippen molar-refractivity contribution in [2.45, 2.75) is 38.8 Å². The number of nitrogens with zero attached hydrogens (tertiary/aromatic N) is 2. The second kappa shape index (κ2) is 6.12. The van der Waals surface area contributed by atoms with Gasteiger partial charge in [0.05, 0.1) is 6.04 Å². The van der Waals surface area contributed by atoms with Crippen molar-refractivity contribution < 1.29 is 4.79 Å². The van der Waals surface area contributed by atoms with Crippen LogP contribution in [0.1, 0.15) is 31.2 Å². The number of carbonyl (C=O) groups is 1. The summed E-state index contributed by atoms with van der Waals surface area (Å²) in [6, 6.07) is -0.114. The molecule has 1 atom stereocenters. The maximum atomic E-state index is 12.1. The first kappa shape index (κ1) is 12.5. The topological polar surface area (TPSA) is 45.2 Å². The molecular weight excluding hydrogens is 234 g/mol. The molecule has 0 spiro atoms. The SMILES string of the molecule is CC(NCc1nccs1)C(=O)N1CCCCC1. The van der Waals surface area contributed by atoms with Crippen LogP contribution >= 0.6 is 11.3 Å². The second-order valence-electron chi connectivity index (χ2n) is 4.41. The molecule has 1 aliphatic rings. The van der Waals surface area contributed by atoms with Crippen molar-refractivity contribution in [2.75, 3.05) is 13.1 Å². The van der Waals surface area contributed by atoms with Crippen LogP contribution in [0.4, 0.5) is 0 Å². The molecule has 0 aromatic carbocycles. The predicted molar refractivity (Wildman–Crippen MR) is 68.8 cm³/mol. The average Bonchev–Trinajstić information content (AvgIpc) is 2.89. The second-order valence-corrected chi connectivity index (χ2v) is 5.39. The number of hydrogen-bond donors (Lipinski definition) is 1. The number of carbonyl (C=O) groups excluding carboxylic acids is 1. The standard InChI is InChI=1S/C12H19N3OS/c1-10(14-9-11-13-5-8-17-11)12(16)15-6-3-2-4-7-15/h5,8,10,14H,2-4,6-7,9H2,1H3. The Kier molecular flexibility index (Phi) is 4.50. The van der Waals surface area contributed by atoms with Crippen molar-refractivity contribution in [2.24, 2.45) is 0 Å². The van der Waals surface area contributed by atoms with Crippen molar-refractivity contribution >= 4 is 17.2 Å². The highest BCUT2D eigenvalue weighted by atomic mass is 32.1. The van der Waals surface area contributed by atoms with E-state index in [9.17, 15) is 4.79 Å². The molecule has 1 fully saturated rings. The van der Waals surface area contributed by atoms with E-state index < -0.39 is 0 Å². The van der Waals surface area contributed by atoms with Crippen LogP contribution in [0.25, 0.3) is 0 Å². The Morgan fingerprint density at radius 1 is 1.53 bits per heavy atom. The zero-order valence-electron chi connectivity index (χ0n) is 10.2. The Labute approximate surface area is 106 Å². The monoisotopic (exact) mass is 253 g/mol. The van der Waals surface area contributed by atoms with E-state index in [1.54, 1.807) is 17.5 Å². The van der Waals surface area contributed by atoms with Gasteiger partial charge in [-0.2, -0.15) is 0 Å². The Morgan fingerprint density at radius 3 is 2.94 bits per heavy atom. The molecule has 0 radical (unpaired) electrons. The zero-order valence-corrected chi connectivity index (χ0v) is 11.0. The van der Waals surface area contributed by atoms with Crippen LogP contribution in [0.5, 0.6) is 0 Å². The summed E-state index contributed by atoms with van der Waals surface area (Å²) in [5, 5.41) is 6.22. The third-order valence-corrected chi connectivity index (χ3v) is 3.86. The van der Waals surface area contributed by atoms with Crippen molar-refractivity contribution in [1.29, 1.82) is 0 Å². The molecule has 4 nitrogen and oxygen atoms in total. The van der Waals surface area contributed by atoms with E-state index in [4.69, 9.17) is 0 Å². The molecule has 1 aliphatic heterocycles. The van der Waals surface area contributed by atoms with Crippen LogP contribution in [0.3, 0.4) is 0 Å². The molecular formula is C12H19N3OS. The number of hydrogen-bond acceptors (Lipinski definition) is 4. The number of nitrogens with one attached hydrogen (secondary N) is 1. The molecule has 1 aromatic rings. The van der Waals surface area contributed by atoms with E-state index in [-0.39, 0.29) is 11.9 Å². The number of likely N-dealkylation sites (tertiary alicyclic amines) is 1. The van der Waals surface area contributed by atoms with Crippen LogP contribution < -0.4 is 5.32 Å². The van der Waals surface area contributed by atoms with Gasteiger partial charge in [0, 0.05) is 31.2 Å². The number of thiazole rings is 1. The summed E-state index contributed by atoms with van der Waals surface area (Å²) in [6.45, 7) is 4.45. The Bertz CT molecular complexity index is 347. The fraction of sp³-hybridized carbons (Fsp3) is 0.667. The average molecular weight is 253 g/mol. The number of aromatic nitrogens is 1. The van der Waals surface area contributed by atoms with Gasteiger partial charge >= 0.3 is 0 Å². The third kappa shape index (κ3) is 3.51. The van der Waals surface area contributed by atoms with Crippen LogP contribution in [0, 0.1) is 0 Å².